The molecule has 8 nitrogen and oxygen atoms in total. The lowest BCUT2D eigenvalue weighted by Crippen LogP contribution is -2.63. The minimum Gasteiger partial charge on any atom is -0.394 e. The van der Waals surface area contributed by atoms with Gasteiger partial charge in [-0.3, -0.25) is 0 Å². The molecule has 0 radical (unpaired) electrons. The molecule has 0 bridgehead atoms. The van der Waals surface area contributed by atoms with Gasteiger partial charge in [-0.25, -0.2) is 4.79 Å². The number of carbonyl (C=O) groups excluding carboxylic acids is 1. The van der Waals surface area contributed by atoms with Crippen LogP contribution in [-0.2, 0) is 4.74 Å². The average Bonchev–Trinajstić information content (AvgIpc) is 2.18. The van der Waals surface area contributed by atoms with E-state index in [2.05, 4.69) is 0 Å². The predicted molar refractivity (Wildman–Crippen MR) is 46.5 cm³/mol. The Morgan fingerprint density at radius 2 is 1.87 bits per heavy atom. The summed E-state index contributed by atoms with van der Waals surface area (Å²) in [5.41, 5.74) is 4.80. The van der Waals surface area contributed by atoms with E-state index in [4.69, 9.17) is 15.6 Å². The summed E-state index contributed by atoms with van der Waals surface area (Å²) in [6, 6.07) is -0.945. The number of amides is 2. The zero-order valence-corrected chi connectivity index (χ0v) is 7.78. The van der Waals surface area contributed by atoms with Crippen LogP contribution in [0.2, 0.25) is 0 Å². The molecule has 1 heterocycles. The molecule has 0 aromatic carbocycles. The van der Waals surface area contributed by atoms with Gasteiger partial charge in [0.15, 0.2) is 6.23 Å². The molecule has 1 aliphatic heterocycles. The zero-order valence-electron chi connectivity index (χ0n) is 7.78. The summed E-state index contributed by atoms with van der Waals surface area (Å²) < 4.78 is 4.92. The first-order valence-corrected chi connectivity index (χ1v) is 4.34. The molecule has 2 amide bonds. The van der Waals surface area contributed by atoms with E-state index >= 15 is 0 Å². The fourth-order valence-corrected chi connectivity index (χ4v) is 1.36. The monoisotopic (exact) mass is 222 g/mol. The van der Waals surface area contributed by atoms with E-state index in [1.54, 1.807) is 0 Å². The van der Waals surface area contributed by atoms with Gasteiger partial charge in [0.1, 0.15) is 24.4 Å². The van der Waals surface area contributed by atoms with Crippen LogP contribution < -0.4 is 11.1 Å². The standard InChI is InChI=1S/C7H14N2O6/c8-7(14)9-6-5(13)4(12)3(11)2(1-10)15-6/h2-6,10-13H,1H2,(H3,8,9,14)/t2-,3-,4+,5-,6?/m1/s1. The maximum Gasteiger partial charge on any atom is 0.314 e. The van der Waals surface area contributed by atoms with Crippen molar-refractivity contribution in [1.29, 1.82) is 0 Å². The number of aliphatic hydroxyl groups is 4. The number of primary amides is 1. The molecule has 1 rings (SSSR count). The van der Waals surface area contributed by atoms with E-state index in [-0.39, 0.29) is 0 Å². The van der Waals surface area contributed by atoms with Crippen LogP contribution in [-0.4, -0.2) is 63.7 Å². The third-order valence-corrected chi connectivity index (χ3v) is 2.18. The number of ether oxygens (including phenoxy) is 1. The fourth-order valence-electron chi connectivity index (χ4n) is 1.36. The van der Waals surface area contributed by atoms with Gasteiger partial charge >= 0.3 is 6.03 Å². The van der Waals surface area contributed by atoms with E-state index in [0.717, 1.165) is 0 Å². The van der Waals surface area contributed by atoms with Crippen molar-refractivity contribution in [2.75, 3.05) is 6.61 Å². The van der Waals surface area contributed by atoms with E-state index in [0.29, 0.717) is 0 Å². The topological polar surface area (TPSA) is 145 Å². The van der Waals surface area contributed by atoms with Crippen molar-refractivity contribution in [2.24, 2.45) is 5.73 Å². The first-order valence-electron chi connectivity index (χ1n) is 4.34. The molecule has 1 aliphatic rings. The molecule has 88 valence electrons. The summed E-state index contributed by atoms with van der Waals surface area (Å²) in [7, 11) is 0. The predicted octanol–water partition coefficient (Wildman–Crippen LogP) is -3.55. The molecule has 0 aromatic rings. The van der Waals surface area contributed by atoms with Crippen molar-refractivity contribution in [1.82, 2.24) is 5.32 Å². The average molecular weight is 222 g/mol. The van der Waals surface area contributed by atoms with E-state index in [1.807, 2.05) is 5.32 Å². The molecular formula is C7H14N2O6. The number of nitrogens with one attached hydrogen (secondary N) is 1. The van der Waals surface area contributed by atoms with E-state index < -0.39 is 43.3 Å². The second-order valence-corrected chi connectivity index (χ2v) is 3.26. The van der Waals surface area contributed by atoms with Gasteiger partial charge in [0.25, 0.3) is 0 Å². The van der Waals surface area contributed by atoms with Gasteiger partial charge in [0.2, 0.25) is 0 Å². The smallest absolute Gasteiger partial charge is 0.314 e. The number of rotatable bonds is 2. The van der Waals surface area contributed by atoms with Gasteiger partial charge in [0.05, 0.1) is 6.61 Å². The van der Waals surface area contributed by atoms with Crippen LogP contribution in [0.1, 0.15) is 0 Å². The van der Waals surface area contributed by atoms with Gasteiger partial charge < -0.3 is 36.2 Å². The largest absolute Gasteiger partial charge is 0.394 e. The minimum atomic E-state index is -1.52. The third-order valence-electron chi connectivity index (χ3n) is 2.18. The lowest BCUT2D eigenvalue weighted by Gasteiger charge is -2.39. The van der Waals surface area contributed by atoms with Gasteiger partial charge in [-0.15, -0.1) is 0 Å². The number of nitrogens with two attached hydrogens (primary N) is 1. The summed E-state index contributed by atoms with van der Waals surface area (Å²) in [5, 5.41) is 38.9. The van der Waals surface area contributed by atoms with Crippen LogP contribution in [0.5, 0.6) is 0 Å². The lowest BCUT2D eigenvalue weighted by molar-refractivity contribution is -0.233. The molecule has 1 fully saturated rings. The van der Waals surface area contributed by atoms with Crippen molar-refractivity contribution in [3.63, 3.8) is 0 Å². The molecule has 7 N–H and O–H groups in total. The van der Waals surface area contributed by atoms with Crippen LogP contribution in [0, 0.1) is 0 Å². The maximum atomic E-state index is 10.5. The molecule has 15 heavy (non-hydrogen) atoms. The van der Waals surface area contributed by atoms with Crippen LogP contribution in [0.4, 0.5) is 4.79 Å². The number of hydrogen-bond donors (Lipinski definition) is 6. The van der Waals surface area contributed by atoms with Gasteiger partial charge in [-0.05, 0) is 0 Å². The van der Waals surface area contributed by atoms with E-state index in [9.17, 15) is 20.1 Å². The molecule has 0 aliphatic carbocycles. The third kappa shape index (κ3) is 2.55. The number of aliphatic hydroxyl groups excluding tert-OH is 4. The summed E-state index contributed by atoms with van der Waals surface area (Å²) in [5.74, 6) is 0. The fraction of sp³-hybridized carbons (Fsp3) is 0.857. The Morgan fingerprint density at radius 1 is 1.27 bits per heavy atom. The van der Waals surface area contributed by atoms with Crippen LogP contribution >= 0.6 is 0 Å². The van der Waals surface area contributed by atoms with Crippen LogP contribution in [0.15, 0.2) is 0 Å². The minimum absolute atomic E-state index is 0.554. The maximum absolute atomic E-state index is 10.5. The summed E-state index contributed by atoms with van der Waals surface area (Å²) in [6.45, 7) is -0.554. The van der Waals surface area contributed by atoms with Gasteiger partial charge in [-0.1, -0.05) is 0 Å². The molecule has 1 saturated heterocycles. The van der Waals surface area contributed by atoms with Crippen molar-refractivity contribution in [3.05, 3.63) is 0 Å². The molecule has 0 aromatic heterocycles. The van der Waals surface area contributed by atoms with Gasteiger partial charge in [0, 0.05) is 0 Å². The van der Waals surface area contributed by atoms with Crippen molar-refractivity contribution in [2.45, 2.75) is 30.6 Å². The normalized spacial score (nSPS) is 41.2. The summed E-state index contributed by atoms with van der Waals surface area (Å²) in [6.07, 6.45) is -6.78. The Bertz CT molecular complexity index is 236. The van der Waals surface area contributed by atoms with Crippen LogP contribution in [0.3, 0.4) is 0 Å². The van der Waals surface area contributed by atoms with Crippen molar-refractivity contribution < 1.29 is 30.0 Å². The Labute approximate surface area is 85.3 Å². The Balaban J connectivity index is 2.69. The molecule has 5 atom stereocenters. The molecule has 0 spiro atoms. The van der Waals surface area contributed by atoms with Gasteiger partial charge in [-0.2, -0.15) is 0 Å². The SMILES string of the molecule is NC(=O)NC1O[C@H](CO)[C@@H](O)[C@H](O)[C@H]1O. The molecule has 8 heteroatoms. The lowest BCUT2D eigenvalue weighted by atomic mass is 9.98. The van der Waals surface area contributed by atoms with Crippen molar-refractivity contribution >= 4 is 6.03 Å². The highest BCUT2D eigenvalue weighted by molar-refractivity contribution is 5.71. The van der Waals surface area contributed by atoms with Crippen LogP contribution in [0.25, 0.3) is 0 Å². The Kier molecular flexibility index (Phi) is 3.83. The zero-order chi connectivity index (χ0) is 11.6. The second-order valence-electron chi connectivity index (χ2n) is 3.26. The highest BCUT2D eigenvalue weighted by atomic mass is 16.6. The Hall–Kier alpha value is -0.930. The molecular weight excluding hydrogens is 208 g/mol. The first kappa shape index (κ1) is 12.1. The summed E-state index contributed by atoms with van der Waals surface area (Å²) >= 11 is 0. The quantitative estimate of drug-likeness (QED) is 0.285. The highest BCUT2D eigenvalue weighted by Gasteiger charge is 2.43. The number of urea groups is 1. The number of carbonyl (C=O) groups is 1. The highest BCUT2D eigenvalue weighted by Crippen LogP contribution is 2.19. The number of hydrogen-bond acceptors (Lipinski definition) is 6. The Morgan fingerprint density at radius 3 is 2.33 bits per heavy atom. The second kappa shape index (κ2) is 4.73. The first-order chi connectivity index (χ1) is 6.97. The summed E-state index contributed by atoms with van der Waals surface area (Å²) in [4.78, 5) is 10.5. The molecule has 0 saturated carbocycles. The molecule has 1 unspecified atom stereocenters. The van der Waals surface area contributed by atoms with E-state index in [1.165, 1.54) is 0 Å². The van der Waals surface area contributed by atoms with Crippen molar-refractivity contribution in [3.8, 4) is 0 Å².